The van der Waals surface area contributed by atoms with Crippen molar-refractivity contribution in [1.29, 1.82) is 0 Å². The van der Waals surface area contributed by atoms with Crippen LogP contribution in [0.5, 0.6) is 11.5 Å². The summed E-state index contributed by atoms with van der Waals surface area (Å²) in [5.74, 6) is 0.131. The molecule has 0 spiro atoms. The maximum absolute atomic E-state index is 12.5. The molecule has 2 aliphatic rings. The Hall–Kier alpha value is -2.80. The number of aliphatic hydroxyl groups is 1. The van der Waals surface area contributed by atoms with Gasteiger partial charge in [0.15, 0.2) is 16.9 Å². The molecule has 7 nitrogen and oxygen atoms in total. The number of aromatic nitrogens is 1. The molecule has 1 fully saturated rings. The number of carboxylic acids is 1. The van der Waals surface area contributed by atoms with Gasteiger partial charge >= 0.3 is 5.97 Å². The summed E-state index contributed by atoms with van der Waals surface area (Å²) < 4.78 is 13.4. The van der Waals surface area contributed by atoms with Gasteiger partial charge in [-0.2, -0.15) is 0 Å². The second-order valence-electron chi connectivity index (χ2n) is 8.74. The normalized spacial score (nSPS) is 20.8. The van der Waals surface area contributed by atoms with Gasteiger partial charge in [0, 0.05) is 42.8 Å². The van der Waals surface area contributed by atoms with Gasteiger partial charge in [-0.25, -0.2) is 4.79 Å². The Labute approximate surface area is 174 Å². The fourth-order valence-electron chi connectivity index (χ4n) is 5.05. The van der Waals surface area contributed by atoms with Gasteiger partial charge in [0.2, 0.25) is 0 Å². The molecule has 0 radical (unpaired) electrons. The molecule has 2 atom stereocenters. The lowest BCUT2D eigenvalue weighted by Crippen LogP contribution is -2.32. The molecule has 0 unspecified atom stereocenters. The van der Waals surface area contributed by atoms with Crippen molar-refractivity contribution in [1.82, 2.24) is 4.57 Å². The fraction of sp³-hybridized carbons (Fsp3) is 0.478. The molecule has 0 saturated heterocycles. The first-order chi connectivity index (χ1) is 14.3. The van der Waals surface area contributed by atoms with E-state index >= 15 is 0 Å². The van der Waals surface area contributed by atoms with Crippen LogP contribution in [-0.2, 0) is 0 Å². The Balaban J connectivity index is 1.94. The molecule has 2 aromatic rings. The van der Waals surface area contributed by atoms with Gasteiger partial charge in [-0.15, -0.1) is 0 Å². The summed E-state index contributed by atoms with van der Waals surface area (Å²) >= 11 is 0. The van der Waals surface area contributed by atoms with E-state index in [1.54, 1.807) is 7.11 Å². The highest BCUT2D eigenvalue weighted by molar-refractivity contribution is 5.88. The molecule has 1 aliphatic carbocycles. The van der Waals surface area contributed by atoms with E-state index in [-0.39, 0.29) is 29.5 Å². The molecule has 160 valence electrons. The third-order valence-electron chi connectivity index (χ3n) is 6.46. The summed E-state index contributed by atoms with van der Waals surface area (Å²) in [6.45, 7) is 4.80. The number of aliphatic hydroxyl groups excluding tert-OH is 1. The number of carboxylic acid groups (broad SMARTS) is 1. The number of aromatic carboxylic acids is 1. The first kappa shape index (κ1) is 20.5. The van der Waals surface area contributed by atoms with E-state index in [9.17, 15) is 14.7 Å². The smallest absolute Gasteiger partial charge is 0.341 e. The highest BCUT2D eigenvalue weighted by atomic mass is 16.5. The Bertz CT molecular complexity index is 1050. The number of methoxy groups -OCH3 is 1. The fourth-order valence-corrected chi connectivity index (χ4v) is 5.05. The molecule has 0 amide bonds. The first-order valence-corrected chi connectivity index (χ1v) is 10.2. The van der Waals surface area contributed by atoms with Gasteiger partial charge in [0.05, 0.1) is 19.4 Å². The van der Waals surface area contributed by atoms with E-state index in [0.717, 1.165) is 24.0 Å². The molecule has 7 heteroatoms. The van der Waals surface area contributed by atoms with Crippen LogP contribution < -0.4 is 14.9 Å². The lowest BCUT2D eigenvalue weighted by molar-refractivity contribution is 0.0693. The number of nitrogens with zero attached hydrogens (tertiary/aromatic N) is 1. The van der Waals surface area contributed by atoms with Crippen LogP contribution in [0.15, 0.2) is 29.2 Å². The summed E-state index contributed by atoms with van der Waals surface area (Å²) in [7, 11) is 1.56. The highest BCUT2D eigenvalue weighted by Crippen LogP contribution is 2.59. The minimum absolute atomic E-state index is 0.0392. The Morgan fingerprint density at radius 1 is 1.27 bits per heavy atom. The second kappa shape index (κ2) is 7.47. The van der Waals surface area contributed by atoms with Gasteiger partial charge in [0.25, 0.3) is 0 Å². The van der Waals surface area contributed by atoms with Gasteiger partial charge < -0.3 is 24.3 Å². The molecule has 1 saturated carbocycles. The van der Waals surface area contributed by atoms with E-state index in [4.69, 9.17) is 14.6 Å². The van der Waals surface area contributed by atoms with Crippen molar-refractivity contribution in [3.63, 3.8) is 0 Å². The van der Waals surface area contributed by atoms with Crippen molar-refractivity contribution in [2.24, 2.45) is 5.41 Å². The van der Waals surface area contributed by atoms with Crippen LogP contribution in [0.3, 0.4) is 0 Å². The predicted octanol–water partition coefficient (Wildman–Crippen LogP) is 3.44. The third kappa shape index (κ3) is 3.17. The number of hydrogen-bond acceptors (Lipinski definition) is 5. The minimum Gasteiger partial charge on any atom is -0.493 e. The topological polar surface area (TPSA) is 98.0 Å². The zero-order chi connectivity index (χ0) is 21.6. The van der Waals surface area contributed by atoms with Crippen molar-refractivity contribution in [3.8, 4) is 22.8 Å². The number of hydrogen-bond donors (Lipinski definition) is 2. The lowest BCUT2D eigenvalue weighted by atomic mass is 9.77. The Morgan fingerprint density at radius 2 is 2.03 bits per heavy atom. The van der Waals surface area contributed by atoms with E-state index < -0.39 is 11.4 Å². The van der Waals surface area contributed by atoms with Gasteiger partial charge in [-0.05, 0) is 36.0 Å². The van der Waals surface area contributed by atoms with Crippen LogP contribution >= 0.6 is 0 Å². The van der Waals surface area contributed by atoms with Crippen molar-refractivity contribution >= 4 is 5.97 Å². The predicted molar refractivity (Wildman–Crippen MR) is 112 cm³/mol. The molecule has 4 rings (SSSR count). The number of rotatable bonds is 6. The summed E-state index contributed by atoms with van der Waals surface area (Å²) in [4.78, 5) is 24.1. The van der Waals surface area contributed by atoms with Gasteiger partial charge in [0.1, 0.15) is 5.56 Å². The molecule has 1 aromatic carbocycles. The van der Waals surface area contributed by atoms with Crippen LogP contribution in [0.1, 0.15) is 61.0 Å². The summed E-state index contributed by atoms with van der Waals surface area (Å²) in [5.41, 5.74) is 1.90. The zero-order valence-corrected chi connectivity index (χ0v) is 17.5. The molecule has 2 heterocycles. The quantitative estimate of drug-likeness (QED) is 0.704. The SMILES string of the molecule is COc1cc2c(cc1OCCCO)[C@H]1CCC(C)(C)[C@H]1n1cc(C(=O)O)c(=O)cc1-2. The number of fused-ring (bicyclic) bond motifs is 6. The largest absolute Gasteiger partial charge is 0.493 e. The van der Waals surface area contributed by atoms with Crippen LogP contribution in [-0.4, -0.2) is 41.1 Å². The Kier molecular flexibility index (Phi) is 5.10. The lowest BCUT2D eigenvalue weighted by Gasteiger charge is -2.40. The molecule has 2 N–H and O–H groups in total. The summed E-state index contributed by atoms with van der Waals surface area (Å²) in [5, 5.41) is 18.5. The number of pyridine rings is 1. The Morgan fingerprint density at radius 3 is 2.70 bits per heavy atom. The molecular formula is C23H27NO6. The second-order valence-corrected chi connectivity index (χ2v) is 8.74. The van der Waals surface area contributed by atoms with E-state index in [1.807, 2.05) is 16.7 Å². The zero-order valence-electron chi connectivity index (χ0n) is 17.5. The molecular weight excluding hydrogens is 386 g/mol. The average Bonchev–Trinajstić information content (AvgIpc) is 3.02. The van der Waals surface area contributed by atoms with Gasteiger partial charge in [-0.1, -0.05) is 13.8 Å². The molecule has 1 aromatic heterocycles. The van der Waals surface area contributed by atoms with Gasteiger partial charge in [-0.3, -0.25) is 4.79 Å². The number of carbonyl (C=O) groups is 1. The van der Waals surface area contributed by atoms with Crippen LogP contribution in [0.4, 0.5) is 0 Å². The maximum atomic E-state index is 12.5. The molecule has 30 heavy (non-hydrogen) atoms. The molecule has 0 bridgehead atoms. The van der Waals surface area contributed by atoms with Crippen molar-refractivity contribution < 1.29 is 24.5 Å². The van der Waals surface area contributed by atoms with Crippen molar-refractivity contribution in [3.05, 3.63) is 45.7 Å². The monoisotopic (exact) mass is 413 g/mol. The maximum Gasteiger partial charge on any atom is 0.341 e. The van der Waals surface area contributed by atoms with Crippen LogP contribution in [0, 0.1) is 5.41 Å². The van der Waals surface area contributed by atoms with E-state index in [0.29, 0.717) is 30.2 Å². The average molecular weight is 413 g/mol. The van der Waals surface area contributed by atoms with Crippen LogP contribution in [0.25, 0.3) is 11.3 Å². The van der Waals surface area contributed by atoms with Crippen molar-refractivity contribution in [2.45, 2.75) is 45.1 Å². The third-order valence-corrected chi connectivity index (χ3v) is 6.46. The molecule has 1 aliphatic heterocycles. The number of ether oxygens (including phenoxy) is 2. The van der Waals surface area contributed by atoms with Crippen LogP contribution in [0.2, 0.25) is 0 Å². The van der Waals surface area contributed by atoms with E-state index in [1.165, 1.54) is 12.3 Å². The standard InChI is InChI=1S/C23H27NO6/c1-23(2)6-5-13-14-9-20(30-8-4-7-25)19(29-3)10-15(14)17-11-18(26)16(22(27)28)12-24(17)21(13)23/h9-13,21,25H,4-8H2,1-3H3,(H,27,28)/t13-,21+/m1/s1. The first-order valence-electron chi connectivity index (χ1n) is 10.2. The minimum atomic E-state index is -1.21. The summed E-state index contributed by atoms with van der Waals surface area (Å²) in [6.07, 6.45) is 3.98. The summed E-state index contributed by atoms with van der Waals surface area (Å²) in [6, 6.07) is 5.33. The van der Waals surface area contributed by atoms with E-state index in [2.05, 4.69) is 13.8 Å². The highest BCUT2D eigenvalue weighted by Gasteiger charge is 2.47. The number of benzene rings is 1. The van der Waals surface area contributed by atoms with Crippen molar-refractivity contribution in [2.75, 3.05) is 20.3 Å².